The summed E-state index contributed by atoms with van der Waals surface area (Å²) in [6.07, 6.45) is 0.166. The first-order chi connectivity index (χ1) is 15.4. The van der Waals surface area contributed by atoms with Gasteiger partial charge >= 0.3 is 0 Å². The number of ether oxygens (including phenoxy) is 1. The maximum Gasteiger partial charge on any atom is 0.255 e. The highest BCUT2D eigenvalue weighted by Crippen LogP contribution is 2.33. The third kappa shape index (κ3) is 4.67. The average Bonchev–Trinajstić information content (AvgIpc) is 2.81. The zero-order chi connectivity index (χ0) is 22.7. The Kier molecular flexibility index (Phi) is 6.27. The Morgan fingerprint density at radius 2 is 1.81 bits per heavy atom. The monoisotopic (exact) mass is 452 g/mol. The van der Waals surface area contributed by atoms with E-state index in [2.05, 4.69) is 10.0 Å². The molecular formula is C24H24N2O5S. The summed E-state index contributed by atoms with van der Waals surface area (Å²) in [6.45, 7) is 0. The number of amides is 1. The first kappa shape index (κ1) is 22.0. The van der Waals surface area contributed by atoms with Crippen molar-refractivity contribution in [3.05, 3.63) is 89.5 Å². The number of rotatable bonds is 6. The molecule has 2 atom stereocenters. The number of hydrogen-bond acceptors (Lipinski definition) is 5. The molecule has 1 aliphatic rings. The minimum absolute atomic E-state index is 0.127. The Labute approximate surface area is 187 Å². The molecule has 0 saturated heterocycles. The maximum absolute atomic E-state index is 12.9. The van der Waals surface area contributed by atoms with Crippen LogP contribution in [0.1, 0.15) is 33.9 Å². The van der Waals surface area contributed by atoms with E-state index in [0.717, 1.165) is 5.56 Å². The fourth-order valence-corrected chi connectivity index (χ4v) is 5.08. The van der Waals surface area contributed by atoms with E-state index in [0.29, 0.717) is 35.4 Å². The Morgan fingerprint density at radius 3 is 2.56 bits per heavy atom. The zero-order valence-electron chi connectivity index (χ0n) is 17.5. The van der Waals surface area contributed by atoms with Crippen molar-refractivity contribution in [3.63, 3.8) is 0 Å². The molecule has 3 N–H and O–H groups in total. The number of carbonyl (C=O) groups excluding carboxylic acids is 1. The number of nitrogens with one attached hydrogen (secondary N) is 2. The minimum atomic E-state index is -3.83. The molecule has 0 bridgehead atoms. The predicted octanol–water partition coefficient (Wildman–Crippen LogP) is 3.27. The Balaban J connectivity index is 1.61. The van der Waals surface area contributed by atoms with Gasteiger partial charge in [-0.15, -0.1) is 0 Å². The number of aliphatic hydroxyl groups is 1. The molecule has 4 rings (SSSR count). The molecule has 0 spiro atoms. The summed E-state index contributed by atoms with van der Waals surface area (Å²) in [6, 6.07) is 19.3. The molecule has 0 aliphatic heterocycles. The average molecular weight is 453 g/mol. The van der Waals surface area contributed by atoms with Crippen LogP contribution in [0.3, 0.4) is 0 Å². The summed E-state index contributed by atoms with van der Waals surface area (Å²) >= 11 is 0. The van der Waals surface area contributed by atoms with Crippen LogP contribution >= 0.6 is 0 Å². The molecule has 0 saturated carbocycles. The number of hydrogen-bond donors (Lipinski definition) is 3. The van der Waals surface area contributed by atoms with Crippen LogP contribution in [0, 0.1) is 0 Å². The number of aliphatic hydroxyl groups excluding tert-OH is 1. The van der Waals surface area contributed by atoms with Gasteiger partial charge in [0.2, 0.25) is 10.0 Å². The van der Waals surface area contributed by atoms with Crippen molar-refractivity contribution in [1.82, 2.24) is 4.72 Å². The van der Waals surface area contributed by atoms with Crippen molar-refractivity contribution in [2.45, 2.75) is 29.9 Å². The van der Waals surface area contributed by atoms with Gasteiger partial charge in [0, 0.05) is 11.3 Å². The molecule has 3 aromatic rings. The van der Waals surface area contributed by atoms with Crippen molar-refractivity contribution in [2.75, 3.05) is 12.4 Å². The Bertz CT molecular complexity index is 1230. The highest BCUT2D eigenvalue weighted by Gasteiger charge is 2.32. The van der Waals surface area contributed by atoms with Crippen LogP contribution in [0.25, 0.3) is 0 Å². The lowest BCUT2D eigenvalue weighted by Crippen LogP contribution is -2.39. The van der Waals surface area contributed by atoms with Crippen LogP contribution in [0.5, 0.6) is 5.75 Å². The molecule has 0 aromatic heterocycles. The highest BCUT2D eigenvalue weighted by molar-refractivity contribution is 7.89. The number of anilines is 1. The summed E-state index contributed by atoms with van der Waals surface area (Å²) in [5, 5.41) is 13.4. The van der Waals surface area contributed by atoms with E-state index in [-0.39, 0.29) is 10.8 Å². The van der Waals surface area contributed by atoms with Crippen molar-refractivity contribution < 1.29 is 23.1 Å². The van der Waals surface area contributed by atoms with Gasteiger partial charge in [-0.05, 0) is 66.4 Å². The fourth-order valence-electron chi connectivity index (χ4n) is 3.81. The van der Waals surface area contributed by atoms with Crippen LogP contribution in [-0.4, -0.2) is 32.6 Å². The molecule has 32 heavy (non-hydrogen) atoms. The third-order valence-corrected chi connectivity index (χ3v) is 6.96. The van der Waals surface area contributed by atoms with Crippen LogP contribution < -0.4 is 14.8 Å². The molecule has 1 aliphatic carbocycles. The van der Waals surface area contributed by atoms with Crippen LogP contribution in [0.2, 0.25) is 0 Å². The highest BCUT2D eigenvalue weighted by atomic mass is 32.2. The van der Waals surface area contributed by atoms with Crippen molar-refractivity contribution in [1.29, 1.82) is 0 Å². The Morgan fingerprint density at radius 1 is 1.03 bits per heavy atom. The van der Waals surface area contributed by atoms with E-state index in [4.69, 9.17) is 4.74 Å². The first-order valence-corrected chi connectivity index (χ1v) is 11.7. The number of carbonyl (C=O) groups is 1. The minimum Gasteiger partial charge on any atom is -0.497 e. The van der Waals surface area contributed by atoms with Gasteiger partial charge < -0.3 is 15.2 Å². The molecule has 0 unspecified atom stereocenters. The summed E-state index contributed by atoms with van der Waals surface area (Å²) in [5.41, 5.74) is 2.51. The summed E-state index contributed by atoms with van der Waals surface area (Å²) in [5.74, 6) is 0.253. The second-order valence-electron chi connectivity index (χ2n) is 7.62. The fraction of sp³-hybridized carbons (Fsp3) is 0.208. The zero-order valence-corrected chi connectivity index (χ0v) is 18.3. The van der Waals surface area contributed by atoms with Crippen molar-refractivity contribution >= 4 is 21.6 Å². The Hall–Kier alpha value is -3.20. The summed E-state index contributed by atoms with van der Waals surface area (Å²) < 4.78 is 33.5. The molecule has 166 valence electrons. The first-order valence-electron chi connectivity index (χ1n) is 10.2. The van der Waals surface area contributed by atoms with E-state index in [1.807, 2.05) is 6.07 Å². The lowest BCUT2D eigenvalue weighted by atomic mass is 9.86. The quantitative estimate of drug-likeness (QED) is 0.532. The van der Waals surface area contributed by atoms with Gasteiger partial charge in [-0.3, -0.25) is 4.79 Å². The lowest BCUT2D eigenvalue weighted by Gasteiger charge is -2.31. The molecule has 3 aromatic carbocycles. The third-order valence-electron chi connectivity index (χ3n) is 5.50. The molecule has 8 heteroatoms. The predicted molar refractivity (Wildman–Crippen MR) is 121 cm³/mol. The summed E-state index contributed by atoms with van der Waals surface area (Å²) in [4.78, 5) is 12.8. The van der Waals surface area contributed by atoms with E-state index in [9.17, 15) is 18.3 Å². The molecule has 0 radical (unpaired) electrons. The van der Waals surface area contributed by atoms with Gasteiger partial charge in [0.15, 0.2) is 0 Å². The number of aryl methyl sites for hydroxylation is 1. The summed E-state index contributed by atoms with van der Waals surface area (Å²) in [7, 11) is -2.30. The van der Waals surface area contributed by atoms with Crippen LogP contribution in [-0.2, 0) is 16.4 Å². The number of fused-ring (bicyclic) bond motifs is 1. The molecular weight excluding hydrogens is 428 g/mol. The topological polar surface area (TPSA) is 105 Å². The van der Waals surface area contributed by atoms with Gasteiger partial charge in [0.05, 0.1) is 24.2 Å². The molecule has 1 amide bonds. The van der Waals surface area contributed by atoms with E-state index < -0.39 is 22.2 Å². The van der Waals surface area contributed by atoms with Crippen molar-refractivity contribution in [2.24, 2.45) is 0 Å². The largest absolute Gasteiger partial charge is 0.497 e. The second kappa shape index (κ2) is 9.12. The number of methoxy groups -OCH3 is 1. The normalized spacial score (nSPS) is 17.9. The maximum atomic E-state index is 12.9. The SMILES string of the molecule is COc1cccc(C(=O)Nc2ccc3c(c2)[C@@H](NS(=O)(=O)c2ccccc2)[C@H](O)CC3)c1. The van der Waals surface area contributed by atoms with E-state index in [1.165, 1.54) is 19.2 Å². The number of sulfonamides is 1. The smallest absolute Gasteiger partial charge is 0.255 e. The van der Waals surface area contributed by atoms with Crippen LogP contribution in [0.15, 0.2) is 77.7 Å². The van der Waals surface area contributed by atoms with Crippen molar-refractivity contribution in [3.8, 4) is 5.75 Å². The van der Waals surface area contributed by atoms with E-state index >= 15 is 0 Å². The van der Waals surface area contributed by atoms with Gasteiger partial charge in [-0.2, -0.15) is 0 Å². The number of benzene rings is 3. The van der Waals surface area contributed by atoms with E-state index in [1.54, 1.807) is 54.6 Å². The van der Waals surface area contributed by atoms with Gasteiger partial charge in [0.1, 0.15) is 5.75 Å². The molecule has 7 nitrogen and oxygen atoms in total. The molecule has 0 fully saturated rings. The van der Waals surface area contributed by atoms with Gasteiger partial charge in [-0.25, -0.2) is 13.1 Å². The molecule has 0 heterocycles. The van der Waals surface area contributed by atoms with Gasteiger partial charge in [0.25, 0.3) is 5.91 Å². The second-order valence-corrected chi connectivity index (χ2v) is 9.33. The van der Waals surface area contributed by atoms with Gasteiger partial charge in [-0.1, -0.05) is 30.3 Å². The van der Waals surface area contributed by atoms with Crippen LogP contribution in [0.4, 0.5) is 5.69 Å². The lowest BCUT2D eigenvalue weighted by molar-refractivity contribution is 0.102. The standard InChI is InChI=1S/C24H24N2O5S/c1-31-19-7-5-6-17(14-19)24(28)25-18-12-10-16-11-13-22(27)23(21(16)15-18)26-32(29,30)20-8-3-2-4-9-20/h2-10,12,14-15,22-23,26-27H,11,13H2,1H3,(H,25,28)/t22-,23-/m1/s1.